The summed E-state index contributed by atoms with van der Waals surface area (Å²) in [6.07, 6.45) is 7.14. The zero-order valence-electron chi connectivity index (χ0n) is 14.0. The lowest BCUT2D eigenvalue weighted by Crippen LogP contribution is -2.32. The first kappa shape index (κ1) is 15.8. The molecule has 2 atom stereocenters. The summed E-state index contributed by atoms with van der Waals surface area (Å²) >= 11 is 0. The SMILES string of the molecule is O=C(c1cc[nH]c(=O)c1)N1C[C@H]2CCN(c3ncccn3)CC[C@H]2C1. The molecular weight excluding hydrogens is 318 g/mol. The highest BCUT2D eigenvalue weighted by Gasteiger charge is 2.37. The van der Waals surface area contributed by atoms with Gasteiger partial charge in [0, 0.05) is 56.4 Å². The van der Waals surface area contributed by atoms with Crippen LogP contribution >= 0.6 is 0 Å². The highest BCUT2D eigenvalue weighted by Crippen LogP contribution is 2.33. The maximum absolute atomic E-state index is 12.7. The predicted octanol–water partition coefficient (Wildman–Crippen LogP) is 1.15. The van der Waals surface area contributed by atoms with Gasteiger partial charge in [-0.15, -0.1) is 0 Å². The van der Waals surface area contributed by atoms with Crippen LogP contribution in [0.5, 0.6) is 0 Å². The van der Waals surface area contributed by atoms with Crippen LogP contribution in [-0.4, -0.2) is 51.9 Å². The highest BCUT2D eigenvalue weighted by atomic mass is 16.2. The van der Waals surface area contributed by atoms with E-state index >= 15 is 0 Å². The predicted molar refractivity (Wildman–Crippen MR) is 93.4 cm³/mol. The lowest BCUT2D eigenvalue weighted by Gasteiger charge is -2.22. The van der Waals surface area contributed by atoms with Crippen LogP contribution in [0.4, 0.5) is 5.95 Å². The average Bonchev–Trinajstić information content (AvgIpc) is 2.95. The van der Waals surface area contributed by atoms with Gasteiger partial charge in [0.15, 0.2) is 0 Å². The van der Waals surface area contributed by atoms with E-state index in [1.54, 1.807) is 18.5 Å². The first-order chi connectivity index (χ1) is 12.2. The molecule has 0 radical (unpaired) electrons. The number of likely N-dealkylation sites (tertiary alicyclic amines) is 1. The third kappa shape index (κ3) is 3.26. The third-order valence-electron chi connectivity index (χ3n) is 5.26. The standard InChI is InChI=1S/C18H21N5O2/c24-16-10-13(2-7-19-16)17(25)23-11-14-3-8-22(9-4-15(14)12-23)18-20-5-1-6-21-18/h1-2,5-7,10,14-15H,3-4,8-9,11-12H2,(H,19,24)/t14-,15+. The molecule has 2 aromatic rings. The number of nitrogens with one attached hydrogen (secondary N) is 1. The van der Waals surface area contributed by atoms with Crippen LogP contribution < -0.4 is 10.5 Å². The maximum Gasteiger partial charge on any atom is 0.254 e. The summed E-state index contributed by atoms with van der Waals surface area (Å²) in [4.78, 5) is 39.5. The van der Waals surface area contributed by atoms with Gasteiger partial charge in [0.25, 0.3) is 5.91 Å². The van der Waals surface area contributed by atoms with E-state index in [4.69, 9.17) is 0 Å². The lowest BCUT2D eigenvalue weighted by atomic mass is 9.92. The molecule has 25 heavy (non-hydrogen) atoms. The average molecular weight is 339 g/mol. The van der Waals surface area contributed by atoms with Crippen LogP contribution in [-0.2, 0) is 0 Å². The van der Waals surface area contributed by atoms with E-state index in [0.717, 1.165) is 45.0 Å². The van der Waals surface area contributed by atoms with Gasteiger partial charge in [-0.3, -0.25) is 9.59 Å². The molecule has 1 amide bonds. The monoisotopic (exact) mass is 339 g/mol. The number of fused-ring (bicyclic) bond motifs is 1. The summed E-state index contributed by atoms with van der Waals surface area (Å²) in [5.41, 5.74) is 0.234. The third-order valence-corrected chi connectivity index (χ3v) is 5.26. The van der Waals surface area contributed by atoms with Crippen molar-refractivity contribution in [3.8, 4) is 0 Å². The van der Waals surface area contributed by atoms with E-state index in [-0.39, 0.29) is 11.5 Å². The number of hydrogen-bond acceptors (Lipinski definition) is 5. The van der Waals surface area contributed by atoms with E-state index in [0.29, 0.717) is 17.4 Å². The summed E-state index contributed by atoms with van der Waals surface area (Å²) in [5, 5.41) is 0. The second-order valence-corrected chi connectivity index (χ2v) is 6.79. The normalized spacial score (nSPS) is 23.2. The van der Waals surface area contributed by atoms with Gasteiger partial charge in [-0.25, -0.2) is 9.97 Å². The Bertz CT molecular complexity index is 790. The second-order valence-electron chi connectivity index (χ2n) is 6.79. The zero-order valence-corrected chi connectivity index (χ0v) is 14.0. The molecule has 2 fully saturated rings. The maximum atomic E-state index is 12.7. The van der Waals surface area contributed by atoms with Gasteiger partial charge in [-0.2, -0.15) is 0 Å². The molecule has 4 heterocycles. The topological polar surface area (TPSA) is 82.2 Å². The van der Waals surface area contributed by atoms with Crippen LogP contribution in [0, 0.1) is 11.8 Å². The molecule has 2 aliphatic heterocycles. The molecule has 0 saturated carbocycles. The fraction of sp³-hybridized carbons (Fsp3) is 0.444. The molecule has 1 N–H and O–H groups in total. The van der Waals surface area contributed by atoms with Gasteiger partial charge < -0.3 is 14.8 Å². The minimum absolute atomic E-state index is 0.0394. The van der Waals surface area contributed by atoms with Crippen molar-refractivity contribution in [3.63, 3.8) is 0 Å². The number of pyridine rings is 1. The van der Waals surface area contributed by atoms with Crippen molar-refractivity contribution < 1.29 is 4.79 Å². The van der Waals surface area contributed by atoms with Crippen molar-refractivity contribution >= 4 is 11.9 Å². The molecule has 4 rings (SSSR count). The Balaban J connectivity index is 1.42. The van der Waals surface area contributed by atoms with E-state index in [1.807, 2.05) is 11.0 Å². The van der Waals surface area contributed by atoms with Crippen LogP contribution in [0.25, 0.3) is 0 Å². The number of rotatable bonds is 2. The summed E-state index contributed by atoms with van der Waals surface area (Å²) < 4.78 is 0. The smallest absolute Gasteiger partial charge is 0.254 e. The van der Waals surface area contributed by atoms with Crippen LogP contribution in [0.1, 0.15) is 23.2 Å². The second kappa shape index (κ2) is 6.66. The van der Waals surface area contributed by atoms with Crippen molar-refractivity contribution in [2.24, 2.45) is 11.8 Å². The van der Waals surface area contributed by atoms with Gasteiger partial charge >= 0.3 is 0 Å². The van der Waals surface area contributed by atoms with Crippen molar-refractivity contribution in [2.75, 3.05) is 31.1 Å². The van der Waals surface area contributed by atoms with E-state index in [1.165, 1.54) is 12.3 Å². The number of H-pyrrole nitrogens is 1. The largest absolute Gasteiger partial charge is 0.341 e. The Kier molecular flexibility index (Phi) is 4.21. The van der Waals surface area contributed by atoms with Crippen molar-refractivity contribution in [2.45, 2.75) is 12.8 Å². The first-order valence-corrected chi connectivity index (χ1v) is 8.71. The van der Waals surface area contributed by atoms with Crippen molar-refractivity contribution in [1.82, 2.24) is 19.9 Å². The molecule has 0 aliphatic carbocycles. The number of hydrogen-bond donors (Lipinski definition) is 1. The number of nitrogens with zero attached hydrogens (tertiary/aromatic N) is 4. The van der Waals surface area contributed by atoms with Gasteiger partial charge in [-0.05, 0) is 36.8 Å². The Morgan fingerprint density at radius 1 is 1.12 bits per heavy atom. The molecule has 7 nitrogen and oxygen atoms in total. The molecule has 2 saturated heterocycles. The van der Waals surface area contributed by atoms with Gasteiger partial charge in [0.1, 0.15) is 0 Å². The number of carbonyl (C=O) groups is 1. The Hall–Kier alpha value is -2.70. The summed E-state index contributed by atoms with van der Waals surface area (Å²) in [7, 11) is 0. The first-order valence-electron chi connectivity index (χ1n) is 8.71. The molecule has 7 heteroatoms. The van der Waals surface area contributed by atoms with Crippen molar-refractivity contribution in [1.29, 1.82) is 0 Å². The summed E-state index contributed by atoms with van der Waals surface area (Å²) in [6.45, 7) is 3.36. The van der Waals surface area contributed by atoms with Crippen molar-refractivity contribution in [3.05, 3.63) is 52.7 Å². The van der Waals surface area contributed by atoms with Crippen LogP contribution in [0.15, 0.2) is 41.6 Å². The number of aromatic amines is 1. The number of carbonyl (C=O) groups excluding carboxylic acids is 1. The molecule has 0 spiro atoms. The number of aromatic nitrogens is 3. The Morgan fingerprint density at radius 2 is 1.80 bits per heavy atom. The molecular formula is C18H21N5O2. The Labute approximate surface area is 145 Å². The number of anilines is 1. The Morgan fingerprint density at radius 3 is 2.44 bits per heavy atom. The highest BCUT2D eigenvalue weighted by molar-refractivity contribution is 5.94. The lowest BCUT2D eigenvalue weighted by molar-refractivity contribution is 0.0782. The molecule has 0 bridgehead atoms. The quantitative estimate of drug-likeness (QED) is 0.888. The molecule has 2 aromatic heterocycles. The molecule has 2 aliphatic rings. The van der Waals surface area contributed by atoms with E-state index < -0.39 is 0 Å². The molecule has 0 unspecified atom stereocenters. The fourth-order valence-electron chi connectivity index (χ4n) is 3.93. The minimum atomic E-state index is -0.238. The van der Waals surface area contributed by atoms with Crippen LogP contribution in [0.3, 0.4) is 0 Å². The fourth-order valence-corrected chi connectivity index (χ4v) is 3.93. The molecule has 0 aromatic carbocycles. The zero-order chi connectivity index (χ0) is 17.2. The summed E-state index contributed by atoms with van der Waals surface area (Å²) in [6, 6.07) is 4.88. The minimum Gasteiger partial charge on any atom is -0.341 e. The summed E-state index contributed by atoms with van der Waals surface area (Å²) in [5.74, 6) is 1.75. The van der Waals surface area contributed by atoms with Crippen LogP contribution in [0.2, 0.25) is 0 Å². The molecule has 130 valence electrons. The van der Waals surface area contributed by atoms with Gasteiger partial charge in [-0.1, -0.05) is 0 Å². The van der Waals surface area contributed by atoms with Gasteiger partial charge in [0.2, 0.25) is 11.5 Å². The van der Waals surface area contributed by atoms with Gasteiger partial charge in [0.05, 0.1) is 0 Å². The number of amides is 1. The van der Waals surface area contributed by atoms with E-state index in [2.05, 4.69) is 19.9 Å². The van der Waals surface area contributed by atoms with E-state index in [9.17, 15) is 9.59 Å².